The highest BCUT2D eigenvalue weighted by molar-refractivity contribution is 7.27. The lowest BCUT2D eigenvalue weighted by Gasteiger charge is -2.10. The molecule has 0 N–H and O–H groups in total. The van der Waals surface area contributed by atoms with E-state index >= 15 is 0 Å². The zero-order valence-corrected chi connectivity index (χ0v) is 61.0. The minimum atomic E-state index is 0.571. The van der Waals surface area contributed by atoms with Crippen LogP contribution < -0.4 is 0 Å². The fourth-order valence-electron chi connectivity index (χ4n) is 14.8. The van der Waals surface area contributed by atoms with E-state index in [2.05, 4.69) is 103 Å². The molecule has 14 nitrogen and oxygen atoms in total. The molecular weight excluding hydrogens is 1420 g/mol. The van der Waals surface area contributed by atoms with Crippen molar-refractivity contribution in [3.63, 3.8) is 0 Å². The summed E-state index contributed by atoms with van der Waals surface area (Å²) in [5.74, 6) is 7.26. The molecule has 0 aliphatic carbocycles. The largest absolute Gasteiger partial charge is 0.456 e. The van der Waals surface area contributed by atoms with Crippen molar-refractivity contribution in [3.8, 4) is 137 Å². The van der Waals surface area contributed by atoms with Gasteiger partial charge in [-0.3, -0.25) is 0 Å². The van der Waals surface area contributed by atoms with Crippen LogP contribution in [0.1, 0.15) is 0 Å². The predicted octanol–water partition coefficient (Wildman–Crippen LogP) is 24.7. The van der Waals surface area contributed by atoms with E-state index in [9.17, 15) is 0 Å². The van der Waals surface area contributed by atoms with Crippen LogP contribution >= 0.6 is 22.7 Å². The van der Waals surface area contributed by atoms with Crippen molar-refractivity contribution in [2.24, 2.45) is 0 Å². The maximum absolute atomic E-state index is 6.26. The summed E-state index contributed by atoms with van der Waals surface area (Å²) in [5, 5.41) is 8.43. The van der Waals surface area contributed by atoms with Crippen LogP contribution in [-0.4, -0.2) is 59.8 Å². The van der Waals surface area contributed by atoms with E-state index in [0.29, 0.717) is 69.9 Å². The van der Waals surface area contributed by atoms with Gasteiger partial charge in [-0.1, -0.05) is 285 Å². The monoisotopic (exact) mass is 1470 g/mol. The standard InChI is InChI=1S/2C48H28N6OS/c1-4-15-29(16-5-1)43-49-44(30-17-6-2-7-18-30)51-47(50-43)35-24-14-28-39-41(35)33-22-12-25-36(42(33)56-39)48-53-45(31-19-8-3-9-20-31)52-46(54-48)34-23-13-27-38-40(34)32-21-10-11-26-37(32)55-38;1-4-14-29(15-5-1)43-49-44(30-16-6-2-7-17-30)52-47(51-43)36-22-13-25-40-41(36)35-21-12-23-37(42(35)56-40)48-53-45(31-18-8-3-9-19-31)50-46(54-48)32-26-27-34-33-20-10-11-24-38(33)55-39(34)28-32/h2*1-28H. The molecule has 0 spiro atoms. The Morgan fingerprint density at radius 1 is 0.170 bits per heavy atom. The van der Waals surface area contributed by atoms with Gasteiger partial charge in [-0.15, -0.1) is 22.7 Å². The molecule has 8 heterocycles. The minimum absolute atomic E-state index is 0.571. The van der Waals surface area contributed by atoms with Gasteiger partial charge in [-0.25, -0.2) is 59.8 Å². The Labute approximate surface area is 647 Å². The van der Waals surface area contributed by atoms with Crippen molar-refractivity contribution in [2.75, 3.05) is 0 Å². The first-order valence-corrected chi connectivity index (χ1v) is 38.2. The van der Waals surface area contributed by atoms with Gasteiger partial charge in [0.2, 0.25) is 0 Å². The molecule has 0 unspecified atom stereocenters. The van der Waals surface area contributed by atoms with Gasteiger partial charge in [0.1, 0.15) is 22.3 Å². The second-order valence-corrected chi connectivity index (χ2v) is 29.0. The van der Waals surface area contributed by atoms with Crippen LogP contribution in [0.15, 0.2) is 349 Å². The van der Waals surface area contributed by atoms with E-state index in [0.717, 1.165) is 151 Å². The van der Waals surface area contributed by atoms with Crippen LogP contribution in [0.5, 0.6) is 0 Å². The quantitative estimate of drug-likeness (QED) is 0.113. The molecule has 14 aromatic carbocycles. The fourth-order valence-corrected chi connectivity index (χ4v) is 17.3. The molecule has 0 amide bonds. The minimum Gasteiger partial charge on any atom is -0.456 e. The molecule has 0 saturated carbocycles. The highest BCUT2D eigenvalue weighted by atomic mass is 32.1. The predicted molar refractivity (Wildman–Crippen MR) is 452 cm³/mol. The highest BCUT2D eigenvalue weighted by Gasteiger charge is 2.25. The summed E-state index contributed by atoms with van der Waals surface area (Å²) in [5.41, 5.74) is 14.2. The molecule has 0 fully saturated rings. The van der Waals surface area contributed by atoms with E-state index in [-0.39, 0.29) is 0 Å². The van der Waals surface area contributed by atoms with Crippen molar-refractivity contribution in [2.45, 2.75) is 0 Å². The maximum Gasteiger partial charge on any atom is 0.165 e. The van der Waals surface area contributed by atoms with Crippen LogP contribution in [0.3, 0.4) is 0 Å². The number of para-hydroxylation sites is 2. The van der Waals surface area contributed by atoms with Gasteiger partial charge in [0.05, 0.1) is 0 Å². The molecule has 0 saturated heterocycles. The van der Waals surface area contributed by atoms with Gasteiger partial charge in [0, 0.05) is 129 Å². The highest BCUT2D eigenvalue weighted by Crippen LogP contribution is 2.47. The van der Waals surface area contributed by atoms with Crippen LogP contribution in [0.2, 0.25) is 0 Å². The van der Waals surface area contributed by atoms with E-state index in [1.165, 1.54) is 0 Å². The second kappa shape index (κ2) is 27.7. The lowest BCUT2D eigenvalue weighted by atomic mass is 10.0. The van der Waals surface area contributed by atoms with Crippen LogP contribution in [0.4, 0.5) is 0 Å². The summed E-state index contributed by atoms with van der Waals surface area (Å²) in [6.07, 6.45) is 0. The van der Waals surface area contributed by atoms with Crippen LogP contribution in [0.25, 0.3) is 221 Å². The van der Waals surface area contributed by atoms with Gasteiger partial charge < -0.3 is 8.83 Å². The molecule has 112 heavy (non-hydrogen) atoms. The SMILES string of the molecule is c1ccc(-c2nc(-c3ccc4c(c3)oc3ccccc34)nc(-c3cccc4c3sc3cccc(-c5nc(-c6ccccc6)nc(-c6ccccc6)n5)c34)n2)cc1.c1ccc(-c2nc(-c3cccc4c3sc3cccc(-c5nc(-c6ccccc6)nc(-c6ccccc6)n5)c34)nc(-c3cccc4oc5ccccc5c34)n2)cc1. The second-order valence-electron chi connectivity index (χ2n) is 26.9. The maximum atomic E-state index is 6.26. The number of thiophene rings is 2. The van der Waals surface area contributed by atoms with Gasteiger partial charge in [-0.05, 0) is 54.6 Å². The van der Waals surface area contributed by atoms with Gasteiger partial charge in [0.25, 0.3) is 0 Å². The smallest absolute Gasteiger partial charge is 0.165 e. The number of fused-ring (bicyclic) bond motifs is 12. The molecule has 524 valence electrons. The Morgan fingerprint density at radius 2 is 0.438 bits per heavy atom. The number of furan rings is 2. The number of nitrogens with zero attached hydrogens (tertiary/aromatic N) is 12. The Kier molecular flexibility index (Phi) is 16.2. The Balaban J connectivity index is 0.000000141. The number of hydrogen-bond acceptors (Lipinski definition) is 16. The van der Waals surface area contributed by atoms with Crippen LogP contribution in [-0.2, 0) is 0 Å². The van der Waals surface area contributed by atoms with Gasteiger partial charge in [-0.2, -0.15) is 0 Å². The van der Waals surface area contributed by atoms with E-state index in [1.807, 2.05) is 237 Å². The molecule has 0 aliphatic rings. The van der Waals surface area contributed by atoms with Gasteiger partial charge >= 0.3 is 0 Å². The van der Waals surface area contributed by atoms with Crippen molar-refractivity contribution >= 4 is 107 Å². The number of benzene rings is 14. The van der Waals surface area contributed by atoms with Crippen molar-refractivity contribution in [3.05, 3.63) is 340 Å². The summed E-state index contributed by atoms with van der Waals surface area (Å²) in [4.78, 5) is 61.0. The first-order valence-electron chi connectivity index (χ1n) is 36.6. The number of aromatic nitrogens is 12. The molecule has 0 atom stereocenters. The van der Waals surface area contributed by atoms with E-state index in [4.69, 9.17) is 68.6 Å². The first kappa shape index (κ1) is 65.5. The average molecular weight is 1470 g/mol. The summed E-state index contributed by atoms with van der Waals surface area (Å²) in [7, 11) is 0. The summed E-state index contributed by atoms with van der Waals surface area (Å²) >= 11 is 3.43. The van der Waals surface area contributed by atoms with Crippen LogP contribution in [0, 0.1) is 0 Å². The zero-order valence-electron chi connectivity index (χ0n) is 59.3. The molecule has 16 heteroatoms. The molecular formula is C96H56N12O2S2. The zero-order chi connectivity index (χ0) is 74.0. The normalized spacial score (nSPS) is 11.6. The lowest BCUT2D eigenvalue weighted by molar-refractivity contribution is 0.668. The Hall–Kier alpha value is -14.8. The molecule has 22 aromatic rings. The summed E-state index contributed by atoms with van der Waals surface area (Å²) in [6.45, 7) is 0. The molecule has 0 radical (unpaired) electrons. The van der Waals surface area contributed by atoms with E-state index in [1.54, 1.807) is 22.7 Å². The van der Waals surface area contributed by atoms with Crippen molar-refractivity contribution in [1.29, 1.82) is 0 Å². The molecule has 22 rings (SSSR count). The molecule has 0 aliphatic heterocycles. The van der Waals surface area contributed by atoms with Crippen molar-refractivity contribution < 1.29 is 8.83 Å². The third kappa shape index (κ3) is 11.9. The van der Waals surface area contributed by atoms with Gasteiger partial charge in [0.15, 0.2) is 69.9 Å². The summed E-state index contributed by atoms with van der Waals surface area (Å²) < 4.78 is 16.9. The fraction of sp³-hybridized carbons (Fsp3) is 0. The average Bonchev–Trinajstić information content (AvgIpc) is 1.57. The molecule has 0 bridgehead atoms. The Morgan fingerprint density at radius 3 is 0.848 bits per heavy atom. The third-order valence-corrected chi connectivity index (χ3v) is 22.4. The third-order valence-electron chi connectivity index (χ3n) is 20.0. The summed E-state index contributed by atoms with van der Waals surface area (Å²) in [6, 6.07) is 114. The first-order chi connectivity index (χ1) is 55.5. The Bertz CT molecular complexity index is 7270. The topological polar surface area (TPSA) is 181 Å². The molecule has 8 aromatic heterocycles. The number of rotatable bonds is 12. The van der Waals surface area contributed by atoms with E-state index < -0.39 is 0 Å². The van der Waals surface area contributed by atoms with Crippen molar-refractivity contribution in [1.82, 2.24) is 59.8 Å². The number of hydrogen-bond donors (Lipinski definition) is 0. The lowest BCUT2D eigenvalue weighted by Crippen LogP contribution is -2.00.